The SMILES string of the molecule is CCC(CN)=C1CN(c2nc(Sc3ccc(Br)cn3)nc3[nH]c4c(NC)cc(F)cc4c23)C1. The minimum atomic E-state index is -0.309. The van der Waals surface area contributed by atoms with E-state index in [0.29, 0.717) is 23.0 Å². The average Bonchev–Trinajstić information content (AvgIpc) is 3.14. The van der Waals surface area contributed by atoms with Crippen LogP contribution in [0.5, 0.6) is 0 Å². The van der Waals surface area contributed by atoms with Gasteiger partial charge in [-0.3, -0.25) is 0 Å². The second-order valence-electron chi connectivity index (χ2n) is 7.84. The van der Waals surface area contributed by atoms with Crippen molar-refractivity contribution in [1.29, 1.82) is 0 Å². The van der Waals surface area contributed by atoms with Gasteiger partial charge in [-0.15, -0.1) is 0 Å². The Labute approximate surface area is 203 Å². The van der Waals surface area contributed by atoms with Crippen molar-refractivity contribution in [3.05, 3.63) is 51.9 Å². The molecular formula is C23H23BrFN7S. The van der Waals surface area contributed by atoms with Crippen LogP contribution in [0.2, 0.25) is 0 Å². The van der Waals surface area contributed by atoms with Crippen molar-refractivity contribution >= 4 is 61.1 Å². The van der Waals surface area contributed by atoms with E-state index in [9.17, 15) is 4.39 Å². The summed E-state index contributed by atoms with van der Waals surface area (Å²) in [5.74, 6) is 0.478. The number of fused-ring (bicyclic) bond motifs is 3. The normalized spacial score (nSPS) is 13.6. The molecule has 4 aromatic rings. The molecule has 0 amide bonds. The molecule has 33 heavy (non-hydrogen) atoms. The Morgan fingerprint density at radius 2 is 2.12 bits per heavy atom. The first-order valence-electron chi connectivity index (χ1n) is 10.7. The molecule has 0 unspecified atom stereocenters. The number of nitrogens with one attached hydrogen (secondary N) is 2. The number of aromatic amines is 1. The van der Waals surface area contributed by atoms with Gasteiger partial charge in [-0.2, -0.15) is 0 Å². The molecule has 5 rings (SSSR count). The minimum absolute atomic E-state index is 0.309. The highest BCUT2D eigenvalue weighted by Gasteiger charge is 2.28. The first-order chi connectivity index (χ1) is 16.0. The molecule has 1 aliphatic rings. The maximum Gasteiger partial charge on any atom is 0.197 e. The molecule has 1 saturated heterocycles. The summed E-state index contributed by atoms with van der Waals surface area (Å²) in [6.45, 7) is 4.21. The smallest absolute Gasteiger partial charge is 0.197 e. The summed E-state index contributed by atoms with van der Waals surface area (Å²) in [5.41, 5.74) is 10.7. The molecule has 4 heterocycles. The lowest BCUT2D eigenvalue weighted by molar-refractivity contribution is 0.630. The molecule has 10 heteroatoms. The standard InChI is InChI=1S/C23H23BrFN7S/c1-3-12(8-26)13-10-32(11-13)22-19-16-6-15(25)7-17(27-2)20(16)29-21(19)30-23(31-22)33-18-5-4-14(24)9-28-18/h4-7,9,27H,3,8,10-11,26H2,1-2H3,(H,29,30,31). The van der Waals surface area contributed by atoms with E-state index in [0.717, 1.165) is 51.1 Å². The lowest BCUT2D eigenvalue weighted by Crippen LogP contribution is -2.42. The molecule has 0 bridgehead atoms. The van der Waals surface area contributed by atoms with Crippen LogP contribution in [0.3, 0.4) is 0 Å². The van der Waals surface area contributed by atoms with E-state index in [1.807, 2.05) is 12.1 Å². The van der Waals surface area contributed by atoms with E-state index in [4.69, 9.17) is 15.7 Å². The molecule has 7 nitrogen and oxygen atoms in total. The maximum absolute atomic E-state index is 14.4. The molecule has 4 N–H and O–H groups in total. The molecule has 0 spiro atoms. The quantitative estimate of drug-likeness (QED) is 0.237. The summed E-state index contributed by atoms with van der Waals surface area (Å²) in [6.07, 6.45) is 2.69. The zero-order chi connectivity index (χ0) is 23.1. The highest BCUT2D eigenvalue weighted by atomic mass is 79.9. The van der Waals surface area contributed by atoms with Crippen molar-refractivity contribution in [3.63, 3.8) is 0 Å². The lowest BCUT2D eigenvalue weighted by Gasteiger charge is -2.37. The Bertz CT molecular complexity index is 1370. The molecule has 1 aliphatic heterocycles. The van der Waals surface area contributed by atoms with Crippen LogP contribution < -0.4 is 16.0 Å². The summed E-state index contributed by atoms with van der Waals surface area (Å²) in [4.78, 5) is 19.7. The Kier molecular flexibility index (Phi) is 5.98. The van der Waals surface area contributed by atoms with E-state index < -0.39 is 0 Å². The van der Waals surface area contributed by atoms with Gasteiger partial charge >= 0.3 is 0 Å². The summed E-state index contributed by atoms with van der Waals surface area (Å²) < 4.78 is 15.3. The number of hydrogen-bond acceptors (Lipinski definition) is 7. The highest BCUT2D eigenvalue weighted by Crippen LogP contribution is 2.39. The third-order valence-electron chi connectivity index (χ3n) is 5.89. The fourth-order valence-corrected chi connectivity index (χ4v) is 5.07. The third-order valence-corrected chi connectivity index (χ3v) is 7.17. The molecule has 170 valence electrons. The van der Waals surface area contributed by atoms with Crippen molar-refractivity contribution in [3.8, 4) is 0 Å². The van der Waals surface area contributed by atoms with E-state index in [1.165, 1.54) is 29.0 Å². The zero-order valence-electron chi connectivity index (χ0n) is 18.2. The highest BCUT2D eigenvalue weighted by molar-refractivity contribution is 9.10. The van der Waals surface area contributed by atoms with Crippen LogP contribution in [0.25, 0.3) is 21.9 Å². The van der Waals surface area contributed by atoms with Gasteiger partial charge in [-0.05, 0) is 64.0 Å². The molecule has 3 aromatic heterocycles. The summed E-state index contributed by atoms with van der Waals surface area (Å²) in [5, 5.41) is 6.02. The van der Waals surface area contributed by atoms with E-state index in [1.54, 1.807) is 19.3 Å². The number of H-pyrrole nitrogens is 1. The van der Waals surface area contributed by atoms with Crippen LogP contribution in [-0.2, 0) is 0 Å². The topological polar surface area (TPSA) is 95.8 Å². The molecule has 0 saturated carbocycles. The van der Waals surface area contributed by atoms with Gasteiger partial charge in [0.1, 0.15) is 22.3 Å². The van der Waals surface area contributed by atoms with Crippen LogP contribution in [0.15, 0.2) is 56.3 Å². The number of benzene rings is 1. The number of anilines is 2. The van der Waals surface area contributed by atoms with Gasteiger partial charge in [0.05, 0.1) is 16.6 Å². The molecular weight excluding hydrogens is 505 g/mol. The van der Waals surface area contributed by atoms with Crippen molar-refractivity contribution in [1.82, 2.24) is 19.9 Å². The van der Waals surface area contributed by atoms with Crippen LogP contribution in [-0.4, -0.2) is 46.6 Å². The second kappa shape index (κ2) is 8.92. The molecule has 1 fully saturated rings. The van der Waals surface area contributed by atoms with Gasteiger partial charge in [-0.25, -0.2) is 19.3 Å². The Morgan fingerprint density at radius 3 is 2.79 bits per heavy atom. The van der Waals surface area contributed by atoms with Crippen LogP contribution in [0.1, 0.15) is 13.3 Å². The molecule has 0 aliphatic carbocycles. The van der Waals surface area contributed by atoms with Crippen molar-refractivity contribution in [2.75, 3.05) is 36.9 Å². The first kappa shape index (κ1) is 22.1. The number of hydrogen-bond donors (Lipinski definition) is 3. The lowest BCUT2D eigenvalue weighted by atomic mass is 9.98. The summed E-state index contributed by atoms with van der Waals surface area (Å²) in [6, 6.07) is 6.87. The zero-order valence-corrected chi connectivity index (χ0v) is 20.6. The van der Waals surface area contributed by atoms with Gasteiger partial charge in [0.25, 0.3) is 0 Å². The maximum atomic E-state index is 14.4. The van der Waals surface area contributed by atoms with Crippen molar-refractivity contribution in [2.24, 2.45) is 5.73 Å². The molecule has 0 radical (unpaired) electrons. The number of halogens is 2. The van der Waals surface area contributed by atoms with Crippen molar-refractivity contribution < 1.29 is 4.39 Å². The number of pyridine rings is 1. The Morgan fingerprint density at radius 1 is 1.30 bits per heavy atom. The number of nitrogens with two attached hydrogens (primary N) is 1. The molecule has 0 atom stereocenters. The van der Waals surface area contributed by atoms with Crippen LogP contribution in [0, 0.1) is 5.82 Å². The fraction of sp³-hybridized carbons (Fsp3) is 0.261. The van der Waals surface area contributed by atoms with Gasteiger partial charge in [0.15, 0.2) is 5.16 Å². The third kappa shape index (κ3) is 4.07. The summed E-state index contributed by atoms with van der Waals surface area (Å²) in [7, 11) is 1.78. The first-order valence-corrected chi connectivity index (χ1v) is 12.3. The largest absolute Gasteiger partial charge is 0.386 e. The Balaban J connectivity index is 1.66. The predicted molar refractivity (Wildman–Crippen MR) is 136 cm³/mol. The van der Waals surface area contributed by atoms with Gasteiger partial charge in [0, 0.05) is 42.7 Å². The van der Waals surface area contributed by atoms with E-state index >= 15 is 0 Å². The average molecular weight is 528 g/mol. The van der Waals surface area contributed by atoms with E-state index in [-0.39, 0.29) is 5.82 Å². The number of nitrogens with zero attached hydrogens (tertiary/aromatic N) is 4. The fourth-order valence-electron chi connectivity index (χ4n) is 4.14. The summed E-state index contributed by atoms with van der Waals surface area (Å²) >= 11 is 4.81. The number of aromatic nitrogens is 4. The van der Waals surface area contributed by atoms with Crippen LogP contribution >= 0.6 is 27.7 Å². The second-order valence-corrected chi connectivity index (χ2v) is 9.75. The van der Waals surface area contributed by atoms with Crippen LogP contribution in [0.4, 0.5) is 15.9 Å². The monoisotopic (exact) mass is 527 g/mol. The van der Waals surface area contributed by atoms with Crippen molar-refractivity contribution in [2.45, 2.75) is 23.5 Å². The number of rotatable bonds is 6. The van der Waals surface area contributed by atoms with Gasteiger partial charge < -0.3 is 20.9 Å². The predicted octanol–water partition coefficient (Wildman–Crippen LogP) is 5.09. The van der Waals surface area contributed by atoms with Gasteiger partial charge in [-0.1, -0.05) is 12.5 Å². The molecule has 1 aromatic carbocycles. The van der Waals surface area contributed by atoms with E-state index in [2.05, 4.69) is 43.0 Å². The Hall–Kier alpha value is -2.69. The minimum Gasteiger partial charge on any atom is -0.386 e. The van der Waals surface area contributed by atoms with Gasteiger partial charge in [0.2, 0.25) is 0 Å².